The Morgan fingerprint density at radius 2 is 0.763 bits per heavy atom. The van der Waals surface area contributed by atoms with Crippen LogP contribution in [-0.2, 0) is 11.8 Å². The smallest absolute Gasteiger partial charge is 0.0726 e. The van der Waals surface area contributed by atoms with Crippen LogP contribution < -0.4 is 9.80 Å². The van der Waals surface area contributed by atoms with Crippen molar-refractivity contribution in [2.75, 3.05) is 9.80 Å². The number of anilines is 6. The van der Waals surface area contributed by atoms with Crippen LogP contribution in [0.15, 0.2) is 279 Å². The lowest BCUT2D eigenvalue weighted by atomic mass is 9.65. The van der Waals surface area contributed by atoms with Crippen LogP contribution in [0.25, 0.3) is 77.9 Å². The Morgan fingerprint density at radius 1 is 0.276 bits per heavy atom. The Morgan fingerprint density at radius 3 is 1.47 bits per heavy atom. The molecule has 1 heterocycles. The van der Waals surface area contributed by atoms with Crippen molar-refractivity contribution < 1.29 is 0 Å². The van der Waals surface area contributed by atoms with Gasteiger partial charge in [0.05, 0.1) is 16.8 Å². The van der Waals surface area contributed by atoms with Crippen LogP contribution in [0, 0.1) is 0 Å². The highest BCUT2D eigenvalue weighted by Gasteiger charge is 2.51. The van der Waals surface area contributed by atoms with E-state index in [1.807, 2.05) is 0 Å². The fraction of sp³-hybridized carbons (Fsp3) is 0.0270. The quantitative estimate of drug-likeness (QED) is 0.170. The van der Waals surface area contributed by atoms with Gasteiger partial charge in [-0.3, -0.25) is 0 Å². The summed E-state index contributed by atoms with van der Waals surface area (Å²) >= 11 is 0. The van der Waals surface area contributed by atoms with Gasteiger partial charge in [0.15, 0.2) is 0 Å². The lowest BCUT2D eigenvalue weighted by Gasteiger charge is -2.36. The summed E-state index contributed by atoms with van der Waals surface area (Å²) < 4.78 is 0. The van der Waals surface area contributed by atoms with Crippen molar-refractivity contribution in [1.29, 1.82) is 0 Å². The van der Waals surface area contributed by atoms with Gasteiger partial charge in [-0.05, 0) is 167 Å². The van der Waals surface area contributed by atoms with E-state index in [1.54, 1.807) is 0 Å². The normalized spacial score (nSPS) is 14.6. The van der Waals surface area contributed by atoms with E-state index in [9.17, 15) is 0 Å². The van der Waals surface area contributed by atoms with Crippen molar-refractivity contribution in [3.63, 3.8) is 0 Å². The van der Waals surface area contributed by atoms with Crippen molar-refractivity contribution in [1.82, 2.24) is 0 Å². The monoisotopic (exact) mass is 964 g/mol. The lowest BCUT2D eigenvalue weighted by molar-refractivity contribution is 0.775. The van der Waals surface area contributed by atoms with Crippen LogP contribution in [0.1, 0.15) is 33.4 Å². The van der Waals surface area contributed by atoms with E-state index in [1.165, 1.54) is 111 Å². The average molecular weight is 965 g/mol. The molecule has 1 spiro atoms. The molecule has 1 aliphatic heterocycles. The molecule has 76 heavy (non-hydrogen) atoms. The summed E-state index contributed by atoms with van der Waals surface area (Å²) in [7, 11) is 0. The zero-order chi connectivity index (χ0) is 49.9. The molecule has 0 aromatic heterocycles. The van der Waals surface area contributed by atoms with Gasteiger partial charge in [0.25, 0.3) is 0 Å². The molecule has 16 rings (SSSR count). The molecule has 1 atom stereocenters. The summed E-state index contributed by atoms with van der Waals surface area (Å²) in [5, 5.41) is 0. The molecule has 0 N–H and O–H groups in total. The van der Waals surface area contributed by atoms with Crippen molar-refractivity contribution >= 4 is 34.1 Å². The number of benzene rings is 12. The van der Waals surface area contributed by atoms with Gasteiger partial charge in [-0.15, -0.1) is 0 Å². The van der Waals surface area contributed by atoms with Crippen molar-refractivity contribution in [2.45, 2.75) is 11.8 Å². The molecule has 3 aliphatic carbocycles. The van der Waals surface area contributed by atoms with E-state index in [-0.39, 0.29) is 0 Å². The lowest BCUT2D eigenvalue weighted by Crippen LogP contribution is -2.29. The highest BCUT2D eigenvalue weighted by atomic mass is 15.2. The third kappa shape index (κ3) is 6.10. The fourth-order valence-corrected chi connectivity index (χ4v) is 13.7. The number of rotatable bonds is 5. The van der Waals surface area contributed by atoms with E-state index in [4.69, 9.17) is 0 Å². The Bertz CT molecular complexity index is 4320. The fourth-order valence-electron chi connectivity index (χ4n) is 13.7. The predicted octanol–water partition coefficient (Wildman–Crippen LogP) is 19.5. The predicted molar refractivity (Wildman–Crippen MR) is 316 cm³/mol. The first kappa shape index (κ1) is 42.7. The van der Waals surface area contributed by atoms with Crippen LogP contribution in [0.5, 0.6) is 0 Å². The summed E-state index contributed by atoms with van der Waals surface area (Å²) in [6.07, 6.45) is 0.940. The largest absolute Gasteiger partial charge is 0.310 e. The summed E-state index contributed by atoms with van der Waals surface area (Å²) in [4.78, 5) is 4.93. The SMILES string of the molecule is c1ccc(-c2ccc(N(c3ccc4c(c3)-c3ccccc3N(c3ccccc3)c3ccccc3-4)c3ccc4c(c3)C3(c5ccccc5-c5ccccc5-4)c4ccccc4-c4c3ccc3c4-c4ccccc4C3)cc2)cc1. The van der Waals surface area contributed by atoms with Gasteiger partial charge in [0.1, 0.15) is 0 Å². The number of nitrogens with zero attached hydrogens (tertiary/aromatic N) is 2. The topological polar surface area (TPSA) is 6.48 Å². The molecule has 354 valence electrons. The minimum absolute atomic E-state index is 0.667. The second-order valence-electron chi connectivity index (χ2n) is 20.7. The second-order valence-corrected chi connectivity index (χ2v) is 20.7. The molecule has 0 amide bonds. The highest BCUT2D eigenvalue weighted by molar-refractivity contribution is 6.06. The van der Waals surface area contributed by atoms with Gasteiger partial charge in [-0.1, -0.05) is 218 Å². The Hall–Kier alpha value is -9.76. The molecule has 2 nitrogen and oxygen atoms in total. The first-order valence-corrected chi connectivity index (χ1v) is 26.5. The van der Waals surface area contributed by atoms with E-state index in [0.717, 1.165) is 40.5 Å². The van der Waals surface area contributed by atoms with Gasteiger partial charge in [0.2, 0.25) is 0 Å². The molecule has 0 radical (unpaired) electrons. The van der Waals surface area contributed by atoms with Crippen LogP contribution in [0.2, 0.25) is 0 Å². The van der Waals surface area contributed by atoms with Crippen molar-refractivity contribution in [3.8, 4) is 77.9 Å². The van der Waals surface area contributed by atoms with E-state index in [0.29, 0.717) is 0 Å². The van der Waals surface area contributed by atoms with Gasteiger partial charge in [-0.25, -0.2) is 0 Å². The third-order valence-corrected chi connectivity index (χ3v) is 16.8. The number of hydrogen-bond acceptors (Lipinski definition) is 2. The molecule has 0 fully saturated rings. The molecule has 1 unspecified atom stereocenters. The Kier molecular flexibility index (Phi) is 9.35. The molecule has 0 saturated heterocycles. The molecule has 4 aliphatic rings. The molecular weight excluding hydrogens is 917 g/mol. The van der Waals surface area contributed by atoms with Crippen molar-refractivity contribution in [2.24, 2.45) is 0 Å². The maximum absolute atomic E-state index is 2.55. The summed E-state index contributed by atoms with van der Waals surface area (Å²) in [5.41, 5.74) is 31.6. The first-order valence-electron chi connectivity index (χ1n) is 26.5. The number of fused-ring (bicyclic) bond motifs is 21. The molecule has 12 aromatic rings. The minimum Gasteiger partial charge on any atom is -0.310 e. The van der Waals surface area contributed by atoms with Gasteiger partial charge in [-0.2, -0.15) is 0 Å². The second kappa shape index (κ2) is 16.6. The van der Waals surface area contributed by atoms with Gasteiger partial charge >= 0.3 is 0 Å². The zero-order valence-corrected chi connectivity index (χ0v) is 41.7. The molecule has 0 bridgehead atoms. The van der Waals surface area contributed by atoms with Gasteiger partial charge in [0, 0.05) is 33.9 Å². The molecule has 2 heteroatoms. The molecular formula is C74H48N2. The summed E-state index contributed by atoms with van der Waals surface area (Å²) in [5.74, 6) is 0. The maximum atomic E-state index is 2.55. The Balaban J connectivity index is 0.983. The minimum atomic E-state index is -0.667. The zero-order valence-electron chi connectivity index (χ0n) is 41.7. The maximum Gasteiger partial charge on any atom is 0.0726 e. The standard InChI is InChI=1S/C74H48N2/c1-3-19-48(20-4-1)49-35-38-53(39-36-49)75(54-40-42-59-62-28-13-17-33-70(62)76(52-22-5-2-6-23-52)71-34-18-14-29-63(71)65(59)46-54)55-41-43-61-58-26-10-9-25-57(58)60-27-11-15-31-66(60)74(69(61)47-55)67-32-16-12-30-64(67)73-68(74)44-37-51-45-50-21-7-8-24-56(50)72(51)73/h1-44,46-47H,45H2. The first-order chi connectivity index (χ1) is 37.7. The van der Waals surface area contributed by atoms with Crippen molar-refractivity contribution in [3.05, 3.63) is 312 Å². The van der Waals surface area contributed by atoms with Gasteiger partial charge < -0.3 is 9.80 Å². The highest BCUT2D eigenvalue weighted by Crippen LogP contribution is 2.65. The van der Waals surface area contributed by atoms with E-state index < -0.39 is 5.41 Å². The number of hydrogen-bond donors (Lipinski definition) is 0. The van der Waals surface area contributed by atoms with E-state index in [2.05, 4.69) is 289 Å². The Labute approximate surface area is 443 Å². The summed E-state index contributed by atoms with van der Waals surface area (Å²) in [6, 6.07) is 105. The average Bonchev–Trinajstić information content (AvgIpc) is 4.19. The third-order valence-electron chi connectivity index (χ3n) is 16.8. The van der Waals surface area contributed by atoms with Crippen LogP contribution in [0.3, 0.4) is 0 Å². The van der Waals surface area contributed by atoms with Crippen LogP contribution in [0.4, 0.5) is 34.1 Å². The van der Waals surface area contributed by atoms with Crippen LogP contribution >= 0.6 is 0 Å². The molecule has 12 aromatic carbocycles. The summed E-state index contributed by atoms with van der Waals surface area (Å²) in [6.45, 7) is 0. The molecule has 0 saturated carbocycles. The number of para-hydroxylation sites is 3. The van der Waals surface area contributed by atoms with E-state index >= 15 is 0 Å². The van der Waals surface area contributed by atoms with Crippen LogP contribution in [-0.4, -0.2) is 0 Å².